The topological polar surface area (TPSA) is 72.9 Å². The van der Waals surface area contributed by atoms with Crippen LogP contribution in [0.25, 0.3) is 0 Å². The first kappa shape index (κ1) is 13.3. The van der Waals surface area contributed by atoms with Crippen LogP contribution in [0, 0.1) is 0 Å². The van der Waals surface area contributed by atoms with Crippen molar-refractivity contribution >= 4 is 33.2 Å². The van der Waals surface area contributed by atoms with Gasteiger partial charge in [0.15, 0.2) is 0 Å². The lowest BCUT2D eigenvalue weighted by molar-refractivity contribution is -0.122. The number of nitrogens with one attached hydrogen (secondary N) is 1. The maximum Gasteiger partial charge on any atom is 0.241 e. The molecule has 2 heterocycles. The van der Waals surface area contributed by atoms with Crippen molar-refractivity contribution in [3.63, 3.8) is 0 Å². The van der Waals surface area contributed by atoms with Crippen molar-refractivity contribution in [1.29, 1.82) is 0 Å². The van der Waals surface area contributed by atoms with Gasteiger partial charge in [0.2, 0.25) is 5.91 Å². The second-order valence-electron chi connectivity index (χ2n) is 3.85. The first-order valence-corrected chi connectivity index (χ1v) is 6.93. The predicted octanol–water partition coefficient (Wildman–Crippen LogP) is 1.56. The average Bonchev–Trinajstić information content (AvgIpc) is 2.94. The number of hydrogen-bond acceptors (Lipinski definition) is 4. The molecule has 0 aromatic carbocycles. The molecule has 1 amide bonds. The Kier molecular flexibility index (Phi) is 4.15. The molecular formula is C11H13BrN4OS. The van der Waals surface area contributed by atoms with Crippen LogP contribution in [0.2, 0.25) is 0 Å². The number of thiophene rings is 1. The molecule has 0 aliphatic rings. The fourth-order valence-corrected chi connectivity index (χ4v) is 2.91. The van der Waals surface area contributed by atoms with E-state index in [0.717, 1.165) is 8.66 Å². The van der Waals surface area contributed by atoms with Crippen molar-refractivity contribution in [3.05, 3.63) is 38.8 Å². The highest BCUT2D eigenvalue weighted by Crippen LogP contribution is 2.21. The van der Waals surface area contributed by atoms with Gasteiger partial charge in [-0.15, -0.1) is 11.3 Å². The summed E-state index contributed by atoms with van der Waals surface area (Å²) in [6, 6.07) is 3.24. The maximum absolute atomic E-state index is 11.9. The number of carbonyl (C=O) groups excluding carboxylic acids is 1. The van der Waals surface area contributed by atoms with E-state index in [-0.39, 0.29) is 5.91 Å². The molecular weight excluding hydrogens is 316 g/mol. The van der Waals surface area contributed by atoms with Gasteiger partial charge in [0.1, 0.15) is 6.04 Å². The van der Waals surface area contributed by atoms with Crippen LogP contribution in [0.15, 0.2) is 28.3 Å². The number of halogens is 1. The van der Waals surface area contributed by atoms with E-state index in [2.05, 4.69) is 26.3 Å². The summed E-state index contributed by atoms with van der Waals surface area (Å²) < 4.78 is 2.67. The van der Waals surface area contributed by atoms with Crippen LogP contribution in [0.3, 0.4) is 0 Å². The zero-order valence-electron chi connectivity index (χ0n) is 9.76. The van der Waals surface area contributed by atoms with Crippen molar-refractivity contribution in [1.82, 2.24) is 15.1 Å². The van der Waals surface area contributed by atoms with E-state index in [0.29, 0.717) is 12.1 Å². The second-order valence-corrected chi connectivity index (χ2v) is 6.40. The highest BCUT2D eigenvalue weighted by atomic mass is 79.9. The van der Waals surface area contributed by atoms with Gasteiger partial charge in [0, 0.05) is 23.7 Å². The van der Waals surface area contributed by atoms with Crippen molar-refractivity contribution in [3.8, 4) is 0 Å². The van der Waals surface area contributed by atoms with Crippen LogP contribution in [0.5, 0.6) is 0 Å². The SMILES string of the molecule is Cn1cc(C(N)C(=O)NCc2ccc(Br)s2)cn1. The number of nitrogens with zero attached hydrogens (tertiary/aromatic N) is 2. The van der Waals surface area contributed by atoms with Crippen LogP contribution >= 0.6 is 27.3 Å². The third-order valence-corrected chi connectivity index (χ3v) is 4.06. The lowest BCUT2D eigenvalue weighted by Crippen LogP contribution is -2.33. The van der Waals surface area contributed by atoms with Gasteiger partial charge in [-0.1, -0.05) is 0 Å². The first-order chi connectivity index (χ1) is 8.56. The van der Waals surface area contributed by atoms with Gasteiger partial charge in [-0.2, -0.15) is 5.10 Å². The van der Waals surface area contributed by atoms with Gasteiger partial charge >= 0.3 is 0 Å². The summed E-state index contributed by atoms with van der Waals surface area (Å²) >= 11 is 4.96. The number of amides is 1. The molecule has 96 valence electrons. The molecule has 0 aliphatic heterocycles. The first-order valence-electron chi connectivity index (χ1n) is 5.32. The van der Waals surface area contributed by atoms with E-state index in [4.69, 9.17) is 5.73 Å². The van der Waals surface area contributed by atoms with Crippen LogP contribution < -0.4 is 11.1 Å². The van der Waals surface area contributed by atoms with E-state index < -0.39 is 6.04 Å². The zero-order chi connectivity index (χ0) is 13.1. The third-order valence-electron chi connectivity index (χ3n) is 2.43. The number of nitrogens with two attached hydrogens (primary N) is 1. The van der Waals surface area contributed by atoms with Gasteiger partial charge in [-0.25, -0.2) is 0 Å². The number of hydrogen-bond donors (Lipinski definition) is 2. The predicted molar refractivity (Wildman–Crippen MR) is 74.0 cm³/mol. The number of carbonyl (C=O) groups is 1. The summed E-state index contributed by atoms with van der Waals surface area (Å²) in [5.74, 6) is -0.201. The standard InChI is InChI=1S/C11H13BrN4OS/c1-16-6-7(4-15-16)10(13)11(17)14-5-8-2-3-9(12)18-8/h2-4,6,10H,5,13H2,1H3,(H,14,17). The van der Waals surface area contributed by atoms with Gasteiger partial charge in [0.05, 0.1) is 16.5 Å². The minimum Gasteiger partial charge on any atom is -0.350 e. The van der Waals surface area contributed by atoms with E-state index in [1.807, 2.05) is 12.1 Å². The summed E-state index contributed by atoms with van der Waals surface area (Å²) in [5, 5.41) is 6.80. The van der Waals surface area contributed by atoms with Crippen molar-refractivity contribution in [2.45, 2.75) is 12.6 Å². The summed E-state index contributed by atoms with van der Waals surface area (Å²) in [4.78, 5) is 12.9. The Hall–Kier alpha value is -1.18. The minimum absolute atomic E-state index is 0.201. The van der Waals surface area contributed by atoms with Gasteiger partial charge in [-0.3, -0.25) is 9.48 Å². The van der Waals surface area contributed by atoms with Crippen molar-refractivity contribution < 1.29 is 4.79 Å². The van der Waals surface area contributed by atoms with E-state index in [1.54, 1.807) is 35.5 Å². The van der Waals surface area contributed by atoms with Crippen LogP contribution in [-0.4, -0.2) is 15.7 Å². The number of aryl methyl sites for hydroxylation is 1. The second kappa shape index (κ2) is 5.64. The third kappa shape index (κ3) is 3.18. The fraction of sp³-hybridized carbons (Fsp3) is 0.273. The summed E-state index contributed by atoms with van der Waals surface area (Å²) in [7, 11) is 1.79. The Bertz CT molecular complexity index is 551. The molecule has 5 nitrogen and oxygen atoms in total. The smallest absolute Gasteiger partial charge is 0.241 e. The largest absolute Gasteiger partial charge is 0.350 e. The molecule has 0 saturated carbocycles. The van der Waals surface area contributed by atoms with Gasteiger partial charge < -0.3 is 11.1 Å². The average molecular weight is 329 g/mol. The Labute approximate surface area is 117 Å². The molecule has 2 rings (SSSR count). The maximum atomic E-state index is 11.9. The van der Waals surface area contributed by atoms with E-state index in [1.165, 1.54) is 0 Å². The van der Waals surface area contributed by atoms with Crippen LogP contribution in [0.4, 0.5) is 0 Å². The molecule has 1 atom stereocenters. The normalized spacial score (nSPS) is 12.4. The molecule has 0 spiro atoms. The Balaban J connectivity index is 1.92. The van der Waals surface area contributed by atoms with Crippen LogP contribution in [-0.2, 0) is 18.4 Å². The monoisotopic (exact) mass is 328 g/mol. The lowest BCUT2D eigenvalue weighted by atomic mass is 10.1. The van der Waals surface area contributed by atoms with Crippen molar-refractivity contribution in [2.75, 3.05) is 0 Å². The van der Waals surface area contributed by atoms with Crippen LogP contribution in [0.1, 0.15) is 16.5 Å². The summed E-state index contributed by atoms with van der Waals surface area (Å²) in [6.45, 7) is 0.489. The summed E-state index contributed by atoms with van der Waals surface area (Å²) in [6.07, 6.45) is 3.35. The Morgan fingerprint density at radius 1 is 1.67 bits per heavy atom. The van der Waals surface area contributed by atoms with Gasteiger partial charge in [-0.05, 0) is 28.1 Å². The minimum atomic E-state index is -0.679. The molecule has 18 heavy (non-hydrogen) atoms. The molecule has 2 aromatic rings. The molecule has 1 unspecified atom stereocenters. The number of aromatic nitrogens is 2. The Morgan fingerprint density at radius 3 is 3.00 bits per heavy atom. The van der Waals surface area contributed by atoms with E-state index >= 15 is 0 Å². The number of rotatable bonds is 4. The van der Waals surface area contributed by atoms with Crippen molar-refractivity contribution in [2.24, 2.45) is 12.8 Å². The molecule has 0 fully saturated rings. The van der Waals surface area contributed by atoms with Gasteiger partial charge in [0.25, 0.3) is 0 Å². The molecule has 2 aromatic heterocycles. The highest BCUT2D eigenvalue weighted by molar-refractivity contribution is 9.11. The summed E-state index contributed by atoms with van der Waals surface area (Å²) in [5.41, 5.74) is 6.56. The molecule has 0 aliphatic carbocycles. The molecule has 0 saturated heterocycles. The molecule has 7 heteroatoms. The van der Waals surface area contributed by atoms with E-state index in [9.17, 15) is 4.79 Å². The fourth-order valence-electron chi connectivity index (χ4n) is 1.48. The quantitative estimate of drug-likeness (QED) is 0.894. The molecule has 0 radical (unpaired) electrons. The zero-order valence-corrected chi connectivity index (χ0v) is 12.2. The Morgan fingerprint density at radius 2 is 2.44 bits per heavy atom. The highest BCUT2D eigenvalue weighted by Gasteiger charge is 2.16. The lowest BCUT2D eigenvalue weighted by Gasteiger charge is -2.09. The molecule has 0 bridgehead atoms. The molecule has 3 N–H and O–H groups in total.